The second-order valence-corrected chi connectivity index (χ2v) is 15.9. The number of anilines is 2. The Hall–Kier alpha value is -4.78. The van der Waals surface area contributed by atoms with Gasteiger partial charge in [-0.2, -0.15) is 10.4 Å². The highest BCUT2D eigenvalue weighted by atomic mass is 16.6. The number of benzene rings is 1. The van der Waals surface area contributed by atoms with E-state index in [9.17, 15) is 5.26 Å². The van der Waals surface area contributed by atoms with Crippen LogP contribution in [0.15, 0.2) is 49.4 Å². The molecule has 3 fully saturated rings. The number of ether oxygens (including phenoxy) is 9. The summed E-state index contributed by atoms with van der Waals surface area (Å²) < 4.78 is 54.8. The van der Waals surface area contributed by atoms with E-state index in [2.05, 4.69) is 36.3 Å². The van der Waals surface area contributed by atoms with Gasteiger partial charge in [0.2, 0.25) is 5.95 Å². The van der Waals surface area contributed by atoms with Gasteiger partial charge >= 0.3 is 0 Å². The second kappa shape index (κ2) is 24.9. The van der Waals surface area contributed by atoms with Crippen LogP contribution in [-0.4, -0.2) is 163 Å². The van der Waals surface area contributed by atoms with Crippen molar-refractivity contribution in [2.75, 3.05) is 105 Å². The molecular weight excluding hydrogens is 813 g/mol. The van der Waals surface area contributed by atoms with E-state index in [-0.39, 0.29) is 12.1 Å². The Labute approximate surface area is 369 Å². The molecule has 342 valence electrons. The van der Waals surface area contributed by atoms with Gasteiger partial charge in [-0.05, 0) is 63.1 Å². The van der Waals surface area contributed by atoms with Crippen LogP contribution >= 0.6 is 0 Å². The van der Waals surface area contributed by atoms with E-state index in [0.29, 0.717) is 133 Å². The summed E-state index contributed by atoms with van der Waals surface area (Å²) in [6, 6.07) is 9.63. The van der Waals surface area contributed by atoms with Gasteiger partial charge < -0.3 is 47.9 Å². The second-order valence-electron chi connectivity index (χ2n) is 15.9. The highest BCUT2D eigenvalue weighted by Gasteiger charge is 2.42. The van der Waals surface area contributed by atoms with Crippen molar-refractivity contribution in [1.82, 2.24) is 39.4 Å². The Bertz CT molecular complexity index is 1940. The molecule has 1 aliphatic carbocycles. The molecule has 5 heterocycles. The van der Waals surface area contributed by atoms with Gasteiger partial charge in [-0.3, -0.25) is 9.58 Å². The first-order valence-electron chi connectivity index (χ1n) is 22.2. The maximum Gasteiger partial charge on any atom is 0.257 e. The topological polar surface area (TPSA) is 196 Å². The Balaban J connectivity index is 0.893. The number of fused-ring (bicyclic) bond motifs is 2. The molecule has 0 radical (unpaired) electrons. The number of methoxy groups -OCH3 is 1. The highest BCUT2D eigenvalue weighted by Crippen LogP contribution is 2.39. The van der Waals surface area contributed by atoms with Crippen molar-refractivity contribution in [2.45, 2.75) is 82.3 Å². The van der Waals surface area contributed by atoms with E-state index in [0.717, 1.165) is 50.0 Å². The lowest BCUT2D eigenvalue weighted by Crippen LogP contribution is -2.52. The average molecular weight is 875 g/mol. The number of aromatic nitrogens is 7. The smallest absolute Gasteiger partial charge is 0.257 e. The van der Waals surface area contributed by atoms with Crippen LogP contribution < -0.4 is 14.8 Å². The quantitative estimate of drug-likeness (QED) is 0.0784. The lowest BCUT2D eigenvalue weighted by Gasteiger charge is -2.43. The maximum atomic E-state index is 9.76. The number of nitrogens with one attached hydrogen (secondary N) is 1. The first kappa shape index (κ1) is 46.2. The summed E-state index contributed by atoms with van der Waals surface area (Å²) in [4.78, 5) is 16.0. The van der Waals surface area contributed by atoms with Crippen molar-refractivity contribution in [3.05, 3.63) is 55.0 Å². The SMILES string of the molecule is COCCOCCOCCOCCOCCOCCOc1nn([C@H]2CC[C@H](N3[C@@H]4CC[C@H]3COC4)CC2)cc1Nc1ncc(-c2ccc(C#N)c(O[C@@H](C)Cn3cncn3)c2)cn1. The van der Waals surface area contributed by atoms with Crippen LogP contribution in [0.4, 0.5) is 11.6 Å². The summed E-state index contributed by atoms with van der Waals surface area (Å²) in [6.07, 6.45) is 15.2. The predicted molar refractivity (Wildman–Crippen MR) is 230 cm³/mol. The van der Waals surface area contributed by atoms with Gasteiger partial charge in [-0.1, -0.05) is 6.07 Å². The standard InChI is InChI=1S/C44H62N10O9/c1-33(27-52-32-46-31-49-52)63-42-23-34(3-4-35(42)24-45)36-25-47-44(48-26-36)50-41-28-53(37-5-7-38(8-6-37)54-39-9-10-40(54)30-61-29-39)51-43(41)62-22-21-60-20-19-59-18-17-58-16-15-57-14-13-56-12-11-55-2/h3-4,23,25-26,28,31-33,37-40H,5-22,27,29-30H2,1-2H3,(H,47,48,50)/t33-,37-,38-,39-,40+/m0/s1. The van der Waals surface area contributed by atoms with Crippen LogP contribution in [0.1, 0.15) is 57.1 Å². The number of hydrogen-bond acceptors (Lipinski definition) is 17. The average Bonchev–Trinajstić information content (AvgIpc) is 4.03. The molecule has 0 spiro atoms. The predicted octanol–water partition coefficient (Wildman–Crippen LogP) is 4.47. The summed E-state index contributed by atoms with van der Waals surface area (Å²) in [7, 11) is 1.65. The van der Waals surface area contributed by atoms with Gasteiger partial charge in [0.15, 0.2) is 0 Å². The summed E-state index contributed by atoms with van der Waals surface area (Å²) in [5, 5.41) is 22.2. The van der Waals surface area contributed by atoms with Crippen molar-refractivity contribution in [3.8, 4) is 28.8 Å². The molecule has 63 heavy (non-hydrogen) atoms. The fourth-order valence-electron chi connectivity index (χ4n) is 8.35. The van der Waals surface area contributed by atoms with E-state index >= 15 is 0 Å². The third kappa shape index (κ3) is 13.9. The van der Waals surface area contributed by atoms with Crippen molar-refractivity contribution in [3.63, 3.8) is 0 Å². The Morgan fingerprint density at radius 3 is 1.98 bits per heavy atom. The minimum absolute atomic E-state index is 0.249. The number of nitrogens with zero attached hydrogens (tertiary/aromatic N) is 9. The van der Waals surface area contributed by atoms with Crippen LogP contribution in [0.5, 0.6) is 11.6 Å². The van der Waals surface area contributed by atoms with Crippen molar-refractivity contribution in [1.29, 1.82) is 5.26 Å². The molecule has 19 nitrogen and oxygen atoms in total. The Morgan fingerprint density at radius 1 is 0.778 bits per heavy atom. The molecule has 3 aliphatic rings. The summed E-state index contributed by atoms with van der Waals surface area (Å²) in [5.74, 6) is 1.33. The first-order valence-corrected chi connectivity index (χ1v) is 22.2. The molecule has 2 aliphatic heterocycles. The van der Waals surface area contributed by atoms with Crippen LogP contribution in [0.2, 0.25) is 0 Å². The zero-order chi connectivity index (χ0) is 43.5. The number of hydrogen-bond donors (Lipinski definition) is 1. The van der Waals surface area contributed by atoms with Gasteiger partial charge in [-0.15, -0.1) is 5.10 Å². The van der Waals surface area contributed by atoms with Gasteiger partial charge in [0.25, 0.3) is 5.88 Å². The molecule has 2 bridgehead atoms. The maximum absolute atomic E-state index is 9.76. The third-order valence-corrected chi connectivity index (χ3v) is 11.4. The van der Waals surface area contributed by atoms with Crippen molar-refractivity contribution >= 4 is 11.6 Å². The van der Waals surface area contributed by atoms with E-state index in [1.54, 1.807) is 36.6 Å². The van der Waals surface area contributed by atoms with Crippen LogP contribution in [0.3, 0.4) is 0 Å². The normalized spacial score (nSPS) is 20.4. The van der Waals surface area contributed by atoms with Crippen LogP contribution in [0.25, 0.3) is 11.1 Å². The van der Waals surface area contributed by atoms with Crippen molar-refractivity contribution < 1.29 is 42.6 Å². The third-order valence-electron chi connectivity index (χ3n) is 11.4. The Morgan fingerprint density at radius 2 is 1.38 bits per heavy atom. The monoisotopic (exact) mass is 874 g/mol. The molecule has 0 amide bonds. The highest BCUT2D eigenvalue weighted by molar-refractivity contribution is 5.67. The van der Waals surface area contributed by atoms with Gasteiger partial charge in [0.1, 0.15) is 42.9 Å². The van der Waals surface area contributed by atoms with E-state index in [1.807, 2.05) is 29.9 Å². The number of rotatable bonds is 28. The minimum Gasteiger partial charge on any atom is -0.487 e. The molecule has 1 saturated carbocycles. The number of nitriles is 1. The summed E-state index contributed by atoms with van der Waals surface area (Å²) >= 11 is 0. The van der Waals surface area contributed by atoms with Gasteiger partial charge in [0, 0.05) is 43.2 Å². The fraction of sp³-hybridized carbons (Fsp3) is 0.636. The summed E-state index contributed by atoms with van der Waals surface area (Å²) in [6.45, 7) is 9.84. The molecule has 7 rings (SSSR count). The van der Waals surface area contributed by atoms with Crippen molar-refractivity contribution in [2.24, 2.45) is 0 Å². The largest absolute Gasteiger partial charge is 0.487 e. The fourth-order valence-corrected chi connectivity index (χ4v) is 8.35. The number of morpholine rings is 1. The van der Waals surface area contributed by atoms with Gasteiger partial charge in [-0.25, -0.2) is 19.6 Å². The summed E-state index contributed by atoms with van der Waals surface area (Å²) in [5.41, 5.74) is 2.70. The lowest BCUT2D eigenvalue weighted by molar-refractivity contribution is -0.0458. The van der Waals surface area contributed by atoms with Crippen LogP contribution in [-0.2, 0) is 39.7 Å². The zero-order valence-electron chi connectivity index (χ0n) is 36.6. The molecule has 0 unspecified atom stereocenters. The molecule has 3 aromatic heterocycles. The molecule has 3 atom stereocenters. The minimum atomic E-state index is -0.249. The lowest BCUT2D eigenvalue weighted by atomic mass is 9.89. The first-order chi connectivity index (χ1) is 31.1. The van der Waals surface area contributed by atoms with E-state index in [1.165, 1.54) is 19.2 Å². The Kier molecular flexibility index (Phi) is 18.3. The zero-order valence-corrected chi connectivity index (χ0v) is 36.6. The van der Waals surface area contributed by atoms with Gasteiger partial charge in [0.05, 0.1) is 110 Å². The molecule has 4 aromatic rings. The van der Waals surface area contributed by atoms with Crippen LogP contribution in [0, 0.1) is 11.3 Å². The van der Waals surface area contributed by atoms with E-state index < -0.39 is 0 Å². The molecular formula is C44H62N10O9. The van der Waals surface area contributed by atoms with E-state index in [4.69, 9.17) is 47.7 Å². The molecule has 2 saturated heterocycles. The molecule has 1 aromatic carbocycles. The molecule has 1 N–H and O–H groups in total. The molecule has 19 heteroatoms.